The summed E-state index contributed by atoms with van der Waals surface area (Å²) >= 11 is 0. The first-order chi connectivity index (χ1) is 15.4. The van der Waals surface area contributed by atoms with Crippen LogP contribution >= 0.6 is 0 Å². The molecule has 0 unspecified atom stereocenters. The van der Waals surface area contributed by atoms with Crippen LogP contribution in [-0.4, -0.2) is 49.3 Å². The van der Waals surface area contributed by atoms with Gasteiger partial charge >= 0.3 is 11.9 Å². The van der Waals surface area contributed by atoms with E-state index in [4.69, 9.17) is 23.7 Å². The Hall–Kier alpha value is -2.81. The number of carbonyl (C=O) groups excluding carboxylic acids is 2. The molecule has 8 heteroatoms. The minimum atomic E-state index is -1.64. The molecule has 0 N–H and O–H groups in total. The van der Waals surface area contributed by atoms with Crippen molar-refractivity contribution in [3.8, 4) is 0 Å². The molecule has 1 fully saturated rings. The highest BCUT2D eigenvalue weighted by Gasteiger charge is 2.60. The summed E-state index contributed by atoms with van der Waals surface area (Å²) in [5.74, 6) is -1.29. The lowest BCUT2D eigenvalue weighted by atomic mass is 9.97. The Labute approximate surface area is 186 Å². The van der Waals surface area contributed by atoms with Crippen LogP contribution in [0.15, 0.2) is 60.7 Å². The third-order valence-electron chi connectivity index (χ3n) is 4.98. The lowest BCUT2D eigenvalue weighted by Crippen LogP contribution is -2.51. The average Bonchev–Trinajstić information content (AvgIpc) is 3.05. The molecule has 4 atom stereocenters. The Morgan fingerprint density at radius 1 is 0.906 bits per heavy atom. The second-order valence-corrected chi connectivity index (χ2v) is 7.56. The number of hydrogen-bond donors (Lipinski definition) is 0. The van der Waals surface area contributed by atoms with Crippen LogP contribution in [0.5, 0.6) is 0 Å². The number of ether oxygens (including phenoxy) is 5. The topological polar surface area (TPSA) is 80.3 Å². The summed E-state index contributed by atoms with van der Waals surface area (Å²) in [6, 6.07) is 18.6. The number of esters is 2. The maximum atomic E-state index is 14.5. The summed E-state index contributed by atoms with van der Waals surface area (Å²) < 4.78 is 42.6. The summed E-state index contributed by atoms with van der Waals surface area (Å²) in [5, 5.41) is 0. The lowest BCUT2D eigenvalue weighted by molar-refractivity contribution is -0.214. The fourth-order valence-corrected chi connectivity index (χ4v) is 3.56. The first-order valence-corrected chi connectivity index (χ1v) is 10.3. The number of halogens is 1. The molecule has 0 saturated carbocycles. The fourth-order valence-electron chi connectivity index (χ4n) is 3.56. The Morgan fingerprint density at radius 2 is 1.47 bits per heavy atom. The standard InChI is InChI=1S/C24H27FO7/c1-17(26)30-21-22(29-14-20-11-7-4-8-12-20)24(15-25,32-23(21)31-18(2)27)16-28-13-19-9-5-3-6-10-19/h3-12,21-23H,13-16H2,1-2H3/t21-,22+,23-,24-/m1/s1. The Kier molecular flexibility index (Phi) is 8.33. The van der Waals surface area contributed by atoms with Gasteiger partial charge < -0.3 is 23.7 Å². The van der Waals surface area contributed by atoms with E-state index in [1.165, 1.54) is 13.8 Å². The maximum Gasteiger partial charge on any atom is 0.305 e. The van der Waals surface area contributed by atoms with Gasteiger partial charge in [0.1, 0.15) is 12.8 Å². The molecule has 1 saturated heterocycles. The van der Waals surface area contributed by atoms with E-state index in [0.29, 0.717) is 0 Å². The van der Waals surface area contributed by atoms with E-state index in [1.54, 1.807) is 0 Å². The van der Waals surface area contributed by atoms with E-state index < -0.39 is 42.7 Å². The van der Waals surface area contributed by atoms with Crippen LogP contribution in [0.4, 0.5) is 4.39 Å². The van der Waals surface area contributed by atoms with Crippen molar-refractivity contribution in [1.29, 1.82) is 0 Å². The van der Waals surface area contributed by atoms with Crippen molar-refractivity contribution in [2.75, 3.05) is 13.3 Å². The summed E-state index contributed by atoms with van der Waals surface area (Å²) in [6.07, 6.45) is -3.55. The molecule has 2 aromatic rings. The molecule has 32 heavy (non-hydrogen) atoms. The predicted octanol–water partition coefficient (Wildman–Crippen LogP) is 3.35. The van der Waals surface area contributed by atoms with Gasteiger partial charge in [0.25, 0.3) is 0 Å². The Bertz CT molecular complexity index is 876. The van der Waals surface area contributed by atoms with E-state index in [9.17, 15) is 14.0 Å². The molecule has 0 bridgehead atoms. The van der Waals surface area contributed by atoms with Gasteiger partial charge in [0.2, 0.25) is 6.29 Å². The molecule has 172 valence electrons. The van der Waals surface area contributed by atoms with Crippen LogP contribution in [0, 0.1) is 0 Å². The minimum Gasteiger partial charge on any atom is -0.453 e. The fraction of sp³-hybridized carbons (Fsp3) is 0.417. The summed E-state index contributed by atoms with van der Waals surface area (Å²) in [7, 11) is 0. The summed E-state index contributed by atoms with van der Waals surface area (Å²) in [5.41, 5.74) is 0.0985. The minimum absolute atomic E-state index is 0.111. The van der Waals surface area contributed by atoms with E-state index in [-0.39, 0.29) is 19.8 Å². The highest BCUT2D eigenvalue weighted by atomic mass is 19.1. The number of rotatable bonds is 10. The van der Waals surface area contributed by atoms with E-state index in [1.807, 2.05) is 60.7 Å². The quantitative estimate of drug-likeness (QED) is 0.518. The van der Waals surface area contributed by atoms with Crippen molar-refractivity contribution in [3.05, 3.63) is 71.8 Å². The molecule has 0 aromatic heterocycles. The van der Waals surface area contributed by atoms with Gasteiger partial charge in [-0.05, 0) is 11.1 Å². The molecule has 0 amide bonds. The smallest absolute Gasteiger partial charge is 0.305 e. The summed E-state index contributed by atoms with van der Waals surface area (Å²) in [6.45, 7) is 1.52. The second kappa shape index (κ2) is 11.2. The van der Waals surface area contributed by atoms with Gasteiger partial charge in [0, 0.05) is 13.8 Å². The molecule has 1 aliphatic heterocycles. The molecule has 0 spiro atoms. The molecule has 3 rings (SSSR count). The molecule has 2 aromatic carbocycles. The highest BCUT2D eigenvalue weighted by molar-refractivity contribution is 5.67. The number of alkyl halides is 1. The zero-order valence-electron chi connectivity index (χ0n) is 18.1. The van der Waals surface area contributed by atoms with Crippen molar-refractivity contribution in [2.24, 2.45) is 0 Å². The predicted molar refractivity (Wildman–Crippen MR) is 112 cm³/mol. The first-order valence-electron chi connectivity index (χ1n) is 10.3. The molecule has 0 radical (unpaired) electrons. The van der Waals surface area contributed by atoms with Crippen LogP contribution in [0.1, 0.15) is 25.0 Å². The third-order valence-corrected chi connectivity index (χ3v) is 4.98. The van der Waals surface area contributed by atoms with Crippen molar-refractivity contribution >= 4 is 11.9 Å². The molecule has 1 aliphatic rings. The lowest BCUT2D eigenvalue weighted by Gasteiger charge is -2.32. The van der Waals surface area contributed by atoms with Crippen LogP contribution in [0.25, 0.3) is 0 Å². The summed E-state index contributed by atoms with van der Waals surface area (Å²) in [4.78, 5) is 23.4. The number of benzene rings is 2. The Balaban J connectivity index is 1.82. The largest absolute Gasteiger partial charge is 0.453 e. The van der Waals surface area contributed by atoms with Gasteiger partial charge in [-0.3, -0.25) is 9.59 Å². The second-order valence-electron chi connectivity index (χ2n) is 7.56. The van der Waals surface area contributed by atoms with Crippen molar-refractivity contribution < 1.29 is 37.7 Å². The van der Waals surface area contributed by atoms with Gasteiger partial charge in [-0.25, -0.2) is 4.39 Å². The normalized spacial score (nSPS) is 24.8. The zero-order chi connectivity index (χ0) is 23.0. The van der Waals surface area contributed by atoms with Crippen LogP contribution < -0.4 is 0 Å². The molecular weight excluding hydrogens is 419 g/mol. The zero-order valence-corrected chi connectivity index (χ0v) is 18.1. The maximum absolute atomic E-state index is 14.5. The monoisotopic (exact) mass is 446 g/mol. The molecule has 0 aliphatic carbocycles. The average molecular weight is 446 g/mol. The van der Waals surface area contributed by atoms with Crippen LogP contribution in [0.2, 0.25) is 0 Å². The van der Waals surface area contributed by atoms with Gasteiger partial charge in [0.05, 0.1) is 19.8 Å². The number of hydrogen-bond acceptors (Lipinski definition) is 7. The first kappa shape index (κ1) is 23.8. The van der Waals surface area contributed by atoms with Gasteiger partial charge in [-0.15, -0.1) is 0 Å². The molecule has 1 heterocycles. The highest BCUT2D eigenvalue weighted by Crippen LogP contribution is 2.38. The van der Waals surface area contributed by atoms with E-state index in [0.717, 1.165) is 11.1 Å². The van der Waals surface area contributed by atoms with Gasteiger partial charge in [0.15, 0.2) is 11.7 Å². The van der Waals surface area contributed by atoms with Crippen molar-refractivity contribution in [2.45, 2.75) is 51.2 Å². The SMILES string of the molecule is CC(=O)O[C@@H]1O[C@](CF)(COCc2ccccc2)[C@@H](OCc2ccccc2)[C@H]1OC(C)=O. The van der Waals surface area contributed by atoms with Crippen molar-refractivity contribution in [1.82, 2.24) is 0 Å². The van der Waals surface area contributed by atoms with Crippen molar-refractivity contribution in [3.63, 3.8) is 0 Å². The third kappa shape index (κ3) is 6.12. The molecular formula is C24H27FO7. The van der Waals surface area contributed by atoms with Crippen LogP contribution in [0.3, 0.4) is 0 Å². The van der Waals surface area contributed by atoms with E-state index >= 15 is 0 Å². The Morgan fingerprint density at radius 3 is 2.00 bits per heavy atom. The molecule has 7 nitrogen and oxygen atoms in total. The van der Waals surface area contributed by atoms with Gasteiger partial charge in [-0.2, -0.15) is 0 Å². The van der Waals surface area contributed by atoms with E-state index in [2.05, 4.69) is 0 Å². The van der Waals surface area contributed by atoms with Gasteiger partial charge in [-0.1, -0.05) is 60.7 Å². The number of carbonyl (C=O) groups is 2. The van der Waals surface area contributed by atoms with Crippen LogP contribution in [-0.2, 0) is 46.5 Å².